The Morgan fingerprint density at radius 1 is 1.05 bits per heavy atom. The van der Waals surface area contributed by atoms with Crippen LogP contribution in [-0.2, 0) is 4.79 Å². The van der Waals surface area contributed by atoms with Gasteiger partial charge in [-0.25, -0.2) is 4.79 Å². The third-order valence-electron chi connectivity index (χ3n) is 3.36. The van der Waals surface area contributed by atoms with Crippen molar-refractivity contribution in [2.24, 2.45) is 0 Å². The first kappa shape index (κ1) is 14.4. The van der Waals surface area contributed by atoms with Gasteiger partial charge >= 0.3 is 5.97 Å². The molecule has 5 nitrogen and oxygen atoms in total. The summed E-state index contributed by atoms with van der Waals surface area (Å²) in [5, 5.41) is 8.53. The molecule has 1 aliphatic heterocycles. The number of ether oxygens (including phenoxy) is 1. The molecule has 2 rings (SSSR count). The van der Waals surface area contributed by atoms with Gasteiger partial charge in [0.2, 0.25) is 0 Å². The quantitative estimate of drug-likeness (QED) is 0.916. The number of nitrogens with zero attached hydrogens (tertiary/aromatic N) is 1. The Labute approximate surface area is 118 Å². The molecule has 0 atom stereocenters. The lowest BCUT2D eigenvalue weighted by atomic mass is 10.2. The molecule has 20 heavy (non-hydrogen) atoms. The summed E-state index contributed by atoms with van der Waals surface area (Å²) in [6.07, 6.45) is 4.49. The first-order chi connectivity index (χ1) is 9.66. The van der Waals surface area contributed by atoms with Gasteiger partial charge in [-0.3, -0.25) is 4.79 Å². The minimum atomic E-state index is -1.02. The Kier molecular flexibility index (Phi) is 4.98. The van der Waals surface area contributed by atoms with Crippen molar-refractivity contribution in [2.75, 3.05) is 19.7 Å². The number of carboxylic acids is 1. The normalized spacial score (nSPS) is 15.5. The monoisotopic (exact) mass is 277 g/mol. The van der Waals surface area contributed by atoms with Crippen molar-refractivity contribution in [2.45, 2.75) is 25.7 Å². The minimum Gasteiger partial charge on any atom is -0.482 e. The van der Waals surface area contributed by atoms with Crippen LogP contribution < -0.4 is 4.74 Å². The number of carbonyl (C=O) groups is 2. The molecule has 108 valence electrons. The lowest BCUT2D eigenvalue weighted by molar-refractivity contribution is -0.139. The van der Waals surface area contributed by atoms with E-state index in [1.807, 2.05) is 4.90 Å². The molecule has 1 heterocycles. The summed E-state index contributed by atoms with van der Waals surface area (Å²) in [5.41, 5.74) is 0.620. The van der Waals surface area contributed by atoms with E-state index in [1.54, 1.807) is 24.3 Å². The highest BCUT2D eigenvalue weighted by Crippen LogP contribution is 2.16. The number of benzene rings is 1. The van der Waals surface area contributed by atoms with Crippen LogP contribution in [0.2, 0.25) is 0 Å². The molecule has 1 aromatic carbocycles. The molecule has 5 heteroatoms. The van der Waals surface area contributed by atoms with Crippen LogP contribution in [-0.4, -0.2) is 41.6 Å². The van der Waals surface area contributed by atoms with Crippen LogP contribution >= 0.6 is 0 Å². The van der Waals surface area contributed by atoms with Crippen LogP contribution in [0.5, 0.6) is 5.75 Å². The molecule has 1 aromatic rings. The predicted molar refractivity (Wildman–Crippen MR) is 73.9 cm³/mol. The summed E-state index contributed by atoms with van der Waals surface area (Å²) in [4.78, 5) is 24.6. The maximum atomic E-state index is 12.3. The Balaban J connectivity index is 1.97. The highest BCUT2D eigenvalue weighted by Gasteiger charge is 2.17. The van der Waals surface area contributed by atoms with Crippen LogP contribution in [0.4, 0.5) is 0 Å². The lowest BCUT2D eigenvalue weighted by Gasteiger charge is -2.20. The van der Waals surface area contributed by atoms with Crippen molar-refractivity contribution < 1.29 is 19.4 Å². The summed E-state index contributed by atoms with van der Waals surface area (Å²) >= 11 is 0. The SMILES string of the molecule is O=C(O)COc1ccc(C(=O)N2CCCCCC2)cc1. The number of carbonyl (C=O) groups excluding carboxylic acids is 1. The maximum absolute atomic E-state index is 12.3. The molecule has 1 aliphatic rings. The van der Waals surface area contributed by atoms with Crippen LogP contribution in [0.25, 0.3) is 0 Å². The molecule has 0 bridgehead atoms. The zero-order valence-electron chi connectivity index (χ0n) is 11.4. The first-order valence-corrected chi connectivity index (χ1v) is 6.91. The van der Waals surface area contributed by atoms with Gasteiger partial charge in [0, 0.05) is 18.7 Å². The number of aliphatic carboxylic acids is 1. The molecule has 0 radical (unpaired) electrons. The smallest absolute Gasteiger partial charge is 0.341 e. The fourth-order valence-electron chi connectivity index (χ4n) is 2.30. The Morgan fingerprint density at radius 2 is 1.65 bits per heavy atom. The van der Waals surface area contributed by atoms with Crippen LogP contribution in [0, 0.1) is 0 Å². The van der Waals surface area contributed by atoms with Crippen molar-refractivity contribution in [1.29, 1.82) is 0 Å². The fraction of sp³-hybridized carbons (Fsp3) is 0.467. The zero-order valence-corrected chi connectivity index (χ0v) is 11.4. The maximum Gasteiger partial charge on any atom is 0.341 e. The van der Waals surface area contributed by atoms with E-state index in [-0.39, 0.29) is 12.5 Å². The van der Waals surface area contributed by atoms with Gasteiger partial charge in [0.25, 0.3) is 5.91 Å². The molecule has 1 N–H and O–H groups in total. The number of hydrogen-bond acceptors (Lipinski definition) is 3. The number of amides is 1. The van der Waals surface area contributed by atoms with Crippen LogP contribution in [0.1, 0.15) is 36.0 Å². The molecule has 1 fully saturated rings. The van der Waals surface area contributed by atoms with E-state index < -0.39 is 5.97 Å². The van der Waals surface area contributed by atoms with Gasteiger partial charge in [-0.1, -0.05) is 12.8 Å². The second-order valence-electron chi connectivity index (χ2n) is 4.91. The summed E-state index contributed by atoms with van der Waals surface area (Å²) < 4.78 is 5.04. The van der Waals surface area contributed by atoms with E-state index >= 15 is 0 Å². The summed E-state index contributed by atoms with van der Waals surface area (Å²) in [7, 11) is 0. The van der Waals surface area contributed by atoms with E-state index in [4.69, 9.17) is 9.84 Å². The van der Waals surface area contributed by atoms with Crippen molar-refractivity contribution in [1.82, 2.24) is 4.90 Å². The van der Waals surface area contributed by atoms with E-state index in [9.17, 15) is 9.59 Å². The average molecular weight is 277 g/mol. The second kappa shape index (κ2) is 6.93. The van der Waals surface area contributed by atoms with Crippen molar-refractivity contribution in [3.63, 3.8) is 0 Å². The van der Waals surface area contributed by atoms with Gasteiger partial charge in [-0.15, -0.1) is 0 Å². The largest absolute Gasteiger partial charge is 0.482 e. The van der Waals surface area contributed by atoms with Crippen LogP contribution in [0.3, 0.4) is 0 Å². The first-order valence-electron chi connectivity index (χ1n) is 6.91. The number of carboxylic acid groups (broad SMARTS) is 1. The van der Waals surface area contributed by atoms with Crippen molar-refractivity contribution in [3.8, 4) is 5.75 Å². The minimum absolute atomic E-state index is 0.0386. The summed E-state index contributed by atoms with van der Waals surface area (Å²) in [6, 6.07) is 6.64. The van der Waals surface area contributed by atoms with Crippen molar-refractivity contribution in [3.05, 3.63) is 29.8 Å². The molecular formula is C15H19NO4. The molecule has 0 aromatic heterocycles. The number of hydrogen-bond donors (Lipinski definition) is 1. The van der Waals surface area contributed by atoms with Gasteiger partial charge in [-0.05, 0) is 37.1 Å². The van der Waals surface area contributed by atoms with Gasteiger partial charge < -0.3 is 14.7 Å². The predicted octanol–water partition coefficient (Wildman–Crippen LogP) is 2.17. The van der Waals surface area contributed by atoms with Crippen LogP contribution in [0.15, 0.2) is 24.3 Å². The Bertz CT molecular complexity index is 461. The van der Waals surface area contributed by atoms with Gasteiger partial charge in [0.1, 0.15) is 5.75 Å². The Hall–Kier alpha value is -2.04. The topological polar surface area (TPSA) is 66.8 Å². The highest BCUT2D eigenvalue weighted by molar-refractivity contribution is 5.94. The number of likely N-dealkylation sites (tertiary alicyclic amines) is 1. The number of rotatable bonds is 4. The summed E-state index contributed by atoms with van der Waals surface area (Å²) in [5.74, 6) is -0.522. The molecule has 0 saturated carbocycles. The Morgan fingerprint density at radius 3 is 2.20 bits per heavy atom. The van der Waals surface area contributed by atoms with E-state index in [0.29, 0.717) is 11.3 Å². The van der Waals surface area contributed by atoms with E-state index in [1.165, 1.54) is 12.8 Å². The van der Waals surface area contributed by atoms with E-state index in [0.717, 1.165) is 25.9 Å². The molecule has 1 amide bonds. The lowest BCUT2D eigenvalue weighted by Crippen LogP contribution is -2.31. The molecule has 0 spiro atoms. The zero-order chi connectivity index (χ0) is 14.4. The van der Waals surface area contributed by atoms with Gasteiger partial charge in [-0.2, -0.15) is 0 Å². The molecule has 0 aliphatic carbocycles. The molecule has 0 unspecified atom stereocenters. The standard InChI is InChI=1S/C15H19NO4/c17-14(18)11-20-13-7-5-12(6-8-13)15(19)16-9-3-1-2-4-10-16/h5-8H,1-4,9-11H2,(H,17,18). The highest BCUT2D eigenvalue weighted by atomic mass is 16.5. The third-order valence-corrected chi connectivity index (χ3v) is 3.36. The van der Waals surface area contributed by atoms with E-state index in [2.05, 4.69) is 0 Å². The second-order valence-corrected chi connectivity index (χ2v) is 4.91. The molecular weight excluding hydrogens is 258 g/mol. The van der Waals surface area contributed by atoms with Crippen molar-refractivity contribution >= 4 is 11.9 Å². The fourth-order valence-corrected chi connectivity index (χ4v) is 2.30. The average Bonchev–Trinajstić information content (AvgIpc) is 2.74. The molecule has 1 saturated heterocycles. The van der Waals surface area contributed by atoms with Gasteiger partial charge in [0.05, 0.1) is 0 Å². The third kappa shape index (κ3) is 3.98. The summed E-state index contributed by atoms with van der Waals surface area (Å²) in [6.45, 7) is 1.26. The van der Waals surface area contributed by atoms with Gasteiger partial charge in [0.15, 0.2) is 6.61 Å².